The molecule has 2 aromatic rings. The topological polar surface area (TPSA) is 79.0 Å². The van der Waals surface area contributed by atoms with Crippen molar-refractivity contribution in [3.05, 3.63) is 64.5 Å². The average Bonchev–Trinajstić information content (AvgIpc) is 2.82. The standard InChI is InChI=1S/C33H48FN3O3/c1-31(2,3)24-18-21(19-25(28(24)38)32(4,5)6)27-26(20-10-12-22(34)13-11-20)29(35)37(27)23-14-16-36(17-15-23)30(39)40-33(7,8)9/h10-13,18-19,23,26-27,29,38H,14-17,35H2,1-9H3. The number of amides is 1. The summed E-state index contributed by atoms with van der Waals surface area (Å²) in [6.07, 6.45) is 1.05. The summed E-state index contributed by atoms with van der Waals surface area (Å²) >= 11 is 0. The molecule has 4 rings (SSSR count). The van der Waals surface area contributed by atoms with E-state index in [2.05, 4.69) is 58.6 Å². The van der Waals surface area contributed by atoms with Crippen LogP contribution in [0.5, 0.6) is 5.75 Å². The number of phenolic OH excluding ortho intramolecular Hbond substituents is 1. The highest BCUT2D eigenvalue weighted by molar-refractivity contribution is 5.68. The maximum absolute atomic E-state index is 13.9. The molecule has 0 bridgehead atoms. The first-order valence-corrected chi connectivity index (χ1v) is 14.5. The molecule has 2 aromatic carbocycles. The van der Waals surface area contributed by atoms with Gasteiger partial charge in [-0.2, -0.15) is 0 Å². The Bertz CT molecular complexity index is 1180. The van der Waals surface area contributed by atoms with Crippen LogP contribution < -0.4 is 5.73 Å². The van der Waals surface area contributed by atoms with E-state index in [1.54, 1.807) is 4.90 Å². The van der Waals surface area contributed by atoms with Gasteiger partial charge in [0.05, 0.1) is 6.17 Å². The highest BCUT2D eigenvalue weighted by Gasteiger charge is 2.52. The lowest BCUT2D eigenvalue weighted by atomic mass is 9.71. The van der Waals surface area contributed by atoms with Gasteiger partial charge in [-0.3, -0.25) is 4.90 Å². The largest absolute Gasteiger partial charge is 0.507 e. The van der Waals surface area contributed by atoms with Crippen LogP contribution in [-0.2, 0) is 15.6 Å². The normalized spacial score (nSPS) is 23.2. The van der Waals surface area contributed by atoms with Gasteiger partial charge in [0.15, 0.2) is 0 Å². The zero-order chi connectivity index (χ0) is 29.8. The molecule has 220 valence electrons. The van der Waals surface area contributed by atoms with E-state index in [4.69, 9.17) is 10.5 Å². The van der Waals surface area contributed by atoms with Crippen molar-refractivity contribution >= 4 is 6.09 Å². The van der Waals surface area contributed by atoms with E-state index in [1.165, 1.54) is 12.1 Å². The van der Waals surface area contributed by atoms with Crippen molar-refractivity contribution in [2.24, 2.45) is 5.73 Å². The second kappa shape index (κ2) is 10.6. The first-order chi connectivity index (χ1) is 18.4. The van der Waals surface area contributed by atoms with Crippen LogP contribution >= 0.6 is 0 Å². The Hall–Kier alpha value is -2.64. The van der Waals surface area contributed by atoms with Crippen molar-refractivity contribution in [1.82, 2.24) is 9.80 Å². The number of hydrogen-bond donors (Lipinski definition) is 2. The molecule has 7 heteroatoms. The summed E-state index contributed by atoms with van der Waals surface area (Å²) in [4.78, 5) is 16.9. The van der Waals surface area contributed by atoms with Gasteiger partial charge >= 0.3 is 6.09 Å². The number of benzene rings is 2. The summed E-state index contributed by atoms with van der Waals surface area (Å²) in [7, 11) is 0. The molecule has 1 amide bonds. The van der Waals surface area contributed by atoms with Gasteiger partial charge in [-0.15, -0.1) is 0 Å². The molecular weight excluding hydrogens is 505 g/mol. The second-order valence-electron chi connectivity index (χ2n) is 14.6. The number of hydrogen-bond acceptors (Lipinski definition) is 5. The summed E-state index contributed by atoms with van der Waals surface area (Å²) in [5.74, 6) is 0.0480. The number of phenols is 1. The first kappa shape index (κ1) is 30.3. The molecule has 0 radical (unpaired) electrons. The van der Waals surface area contributed by atoms with Crippen molar-refractivity contribution in [2.75, 3.05) is 13.1 Å². The van der Waals surface area contributed by atoms with Gasteiger partial charge in [-0.1, -0.05) is 53.7 Å². The average molecular weight is 554 g/mol. The smallest absolute Gasteiger partial charge is 0.410 e. The molecule has 3 N–H and O–H groups in total. The van der Waals surface area contributed by atoms with Crippen molar-refractivity contribution in [3.8, 4) is 5.75 Å². The van der Waals surface area contributed by atoms with Crippen LogP contribution in [-0.4, -0.2) is 51.9 Å². The molecule has 40 heavy (non-hydrogen) atoms. The lowest BCUT2D eigenvalue weighted by Gasteiger charge is -2.58. The Balaban J connectivity index is 1.72. The third-order valence-electron chi connectivity index (χ3n) is 8.26. The van der Waals surface area contributed by atoms with E-state index < -0.39 is 5.60 Å². The number of nitrogens with two attached hydrogens (primary N) is 1. The molecule has 0 aromatic heterocycles. The highest BCUT2D eigenvalue weighted by Crippen LogP contribution is 2.53. The Morgan fingerprint density at radius 3 is 1.85 bits per heavy atom. The van der Waals surface area contributed by atoms with Gasteiger partial charge in [-0.05, 0) is 91.0 Å². The number of ether oxygens (including phenoxy) is 1. The minimum atomic E-state index is -0.532. The number of piperidine rings is 1. The lowest BCUT2D eigenvalue weighted by molar-refractivity contribution is -0.0693. The van der Waals surface area contributed by atoms with Gasteiger partial charge in [-0.25, -0.2) is 9.18 Å². The minimum Gasteiger partial charge on any atom is -0.507 e. The van der Waals surface area contributed by atoms with E-state index in [9.17, 15) is 14.3 Å². The quantitative estimate of drug-likeness (QED) is 0.430. The number of halogens is 1. The van der Waals surface area contributed by atoms with Gasteiger partial charge in [0.25, 0.3) is 0 Å². The Kier molecular flexibility index (Phi) is 8.07. The summed E-state index contributed by atoms with van der Waals surface area (Å²) in [6.45, 7) is 19.6. The zero-order valence-electron chi connectivity index (χ0n) is 25.7. The van der Waals surface area contributed by atoms with Gasteiger partial charge in [0.1, 0.15) is 17.2 Å². The molecule has 0 spiro atoms. The molecular formula is C33H48FN3O3. The third kappa shape index (κ3) is 6.15. The molecule has 0 aliphatic carbocycles. The van der Waals surface area contributed by atoms with Crippen molar-refractivity contribution in [3.63, 3.8) is 0 Å². The van der Waals surface area contributed by atoms with Crippen molar-refractivity contribution < 1.29 is 19.0 Å². The second-order valence-corrected chi connectivity index (χ2v) is 14.6. The minimum absolute atomic E-state index is 0.0327. The SMILES string of the molecule is CC(C)(C)OC(=O)N1CCC(N2C(N)C(c3ccc(F)cc3)C2c2cc(C(C)(C)C)c(O)c(C(C)(C)C)c2)CC1. The Morgan fingerprint density at radius 2 is 1.40 bits per heavy atom. The van der Waals surface area contributed by atoms with E-state index >= 15 is 0 Å². The number of likely N-dealkylation sites (tertiary alicyclic amines) is 2. The Labute approximate surface area is 239 Å². The first-order valence-electron chi connectivity index (χ1n) is 14.5. The number of rotatable bonds is 3. The molecule has 2 aliphatic heterocycles. The van der Waals surface area contributed by atoms with E-state index in [-0.39, 0.29) is 46.9 Å². The van der Waals surface area contributed by atoms with Crippen LogP contribution in [0.2, 0.25) is 0 Å². The van der Waals surface area contributed by atoms with Crippen LogP contribution in [0.25, 0.3) is 0 Å². The van der Waals surface area contributed by atoms with Crippen LogP contribution in [0.1, 0.15) is 109 Å². The van der Waals surface area contributed by atoms with Crippen molar-refractivity contribution in [1.29, 1.82) is 0 Å². The summed E-state index contributed by atoms with van der Waals surface area (Å²) < 4.78 is 19.5. The molecule has 2 heterocycles. The fraction of sp³-hybridized carbons (Fsp3) is 0.606. The molecule has 2 aliphatic rings. The maximum atomic E-state index is 13.9. The molecule has 2 fully saturated rings. The molecule has 6 nitrogen and oxygen atoms in total. The summed E-state index contributed by atoms with van der Waals surface area (Å²) in [6, 6.07) is 11.1. The predicted molar refractivity (Wildman–Crippen MR) is 158 cm³/mol. The molecule has 3 atom stereocenters. The number of aromatic hydroxyl groups is 1. The number of nitrogens with zero attached hydrogens (tertiary/aromatic N) is 2. The molecule has 2 saturated heterocycles. The van der Waals surface area contributed by atoms with Gasteiger partial charge < -0.3 is 20.5 Å². The van der Waals surface area contributed by atoms with Crippen molar-refractivity contribution in [2.45, 2.75) is 116 Å². The molecule has 3 unspecified atom stereocenters. The zero-order valence-corrected chi connectivity index (χ0v) is 25.7. The summed E-state index contributed by atoms with van der Waals surface area (Å²) in [5, 5.41) is 11.4. The van der Waals surface area contributed by atoms with E-state index in [0.29, 0.717) is 18.8 Å². The van der Waals surface area contributed by atoms with Gasteiger partial charge in [0.2, 0.25) is 0 Å². The van der Waals surface area contributed by atoms with Crippen LogP contribution in [0.4, 0.5) is 9.18 Å². The van der Waals surface area contributed by atoms with Crippen LogP contribution in [0.15, 0.2) is 36.4 Å². The fourth-order valence-corrected chi connectivity index (χ4v) is 6.20. The van der Waals surface area contributed by atoms with Crippen LogP contribution in [0, 0.1) is 5.82 Å². The molecule has 0 saturated carbocycles. The lowest BCUT2D eigenvalue weighted by Crippen LogP contribution is -2.66. The highest BCUT2D eigenvalue weighted by atomic mass is 19.1. The number of carbonyl (C=O) groups excluding carboxylic acids is 1. The van der Waals surface area contributed by atoms with Crippen LogP contribution in [0.3, 0.4) is 0 Å². The Morgan fingerprint density at radius 1 is 0.900 bits per heavy atom. The van der Waals surface area contributed by atoms with E-state index in [0.717, 1.165) is 35.1 Å². The third-order valence-corrected chi connectivity index (χ3v) is 8.26. The monoisotopic (exact) mass is 553 g/mol. The van der Waals surface area contributed by atoms with Gasteiger partial charge in [0, 0.05) is 31.1 Å². The fourth-order valence-electron chi connectivity index (χ4n) is 6.20. The maximum Gasteiger partial charge on any atom is 0.410 e. The predicted octanol–water partition coefficient (Wildman–Crippen LogP) is 6.95. The summed E-state index contributed by atoms with van der Waals surface area (Å²) in [5.41, 5.74) is 9.80. The number of carbonyl (C=O) groups is 1. The van der Waals surface area contributed by atoms with E-state index in [1.807, 2.05) is 32.9 Å².